The first-order valence-electron chi connectivity index (χ1n) is 5.86. The molecule has 0 amide bonds. The Morgan fingerprint density at radius 1 is 1.28 bits per heavy atom. The van der Waals surface area contributed by atoms with Crippen LogP contribution in [0.3, 0.4) is 0 Å². The second-order valence-corrected chi connectivity index (χ2v) is 6.01. The molecule has 1 aromatic rings. The third kappa shape index (κ3) is 5.12. The summed E-state index contributed by atoms with van der Waals surface area (Å²) in [5, 5.41) is 1.30. The summed E-state index contributed by atoms with van der Waals surface area (Å²) < 4.78 is 5.71. The molecule has 0 heterocycles. The summed E-state index contributed by atoms with van der Waals surface area (Å²) in [7, 11) is 0. The first kappa shape index (κ1) is 15.7. The lowest BCUT2D eigenvalue weighted by Gasteiger charge is -2.24. The lowest BCUT2D eigenvalue weighted by atomic mass is 10.1. The highest BCUT2D eigenvalue weighted by Gasteiger charge is 2.17. The molecule has 18 heavy (non-hydrogen) atoms. The van der Waals surface area contributed by atoms with Crippen LogP contribution in [0.1, 0.15) is 26.3 Å². The monoisotopic (exact) mass is 290 g/mol. The van der Waals surface area contributed by atoms with Crippen molar-refractivity contribution in [2.45, 2.75) is 38.8 Å². The van der Waals surface area contributed by atoms with Gasteiger partial charge >= 0.3 is 0 Å². The minimum atomic E-state index is -0.195. The van der Waals surface area contributed by atoms with E-state index in [2.05, 4.69) is 5.43 Å². The maximum absolute atomic E-state index is 6.13. The van der Waals surface area contributed by atoms with E-state index in [1.54, 1.807) is 0 Å². The summed E-state index contributed by atoms with van der Waals surface area (Å²) in [5.41, 5.74) is 3.43. The molecule has 1 rings (SSSR count). The van der Waals surface area contributed by atoms with Gasteiger partial charge in [0.05, 0.1) is 12.2 Å². The third-order valence-corrected chi connectivity index (χ3v) is 3.17. The summed E-state index contributed by atoms with van der Waals surface area (Å²) in [5.74, 6) is 5.53. The normalized spacial score (nSPS) is 13.7. The van der Waals surface area contributed by atoms with Gasteiger partial charge in [0.2, 0.25) is 0 Å². The molecule has 0 saturated heterocycles. The first-order chi connectivity index (χ1) is 8.33. The quantitative estimate of drug-likeness (QED) is 0.647. The molecule has 1 atom stereocenters. The highest BCUT2D eigenvalue weighted by atomic mass is 35.5. The SMILES string of the molecule is CC(C)(C)OCC(Cc1c(Cl)cccc1Cl)NN. The molecule has 3 nitrogen and oxygen atoms in total. The Morgan fingerprint density at radius 3 is 2.28 bits per heavy atom. The number of rotatable bonds is 5. The Labute approximate surface area is 119 Å². The minimum Gasteiger partial charge on any atom is -0.374 e. The number of hydrogen-bond acceptors (Lipinski definition) is 3. The molecule has 3 N–H and O–H groups in total. The smallest absolute Gasteiger partial charge is 0.0643 e. The Balaban J connectivity index is 2.68. The van der Waals surface area contributed by atoms with E-state index < -0.39 is 0 Å². The maximum atomic E-state index is 6.13. The van der Waals surface area contributed by atoms with Crippen molar-refractivity contribution in [3.05, 3.63) is 33.8 Å². The fraction of sp³-hybridized carbons (Fsp3) is 0.538. The molecular formula is C13H20Cl2N2O. The van der Waals surface area contributed by atoms with Gasteiger partial charge in [-0.2, -0.15) is 0 Å². The summed E-state index contributed by atoms with van der Waals surface area (Å²) in [4.78, 5) is 0. The van der Waals surface area contributed by atoms with Gasteiger partial charge in [0.15, 0.2) is 0 Å². The molecule has 102 valence electrons. The van der Waals surface area contributed by atoms with Gasteiger partial charge in [0.1, 0.15) is 0 Å². The Bertz CT molecular complexity index is 371. The molecule has 0 fully saturated rings. The Kier molecular flexibility index (Phi) is 5.89. The summed E-state index contributed by atoms with van der Waals surface area (Å²) in [6, 6.07) is 5.44. The predicted octanol–water partition coefficient (Wildman–Crippen LogP) is 3.18. The molecule has 0 radical (unpaired) electrons. The van der Waals surface area contributed by atoms with Gasteiger partial charge in [-0.15, -0.1) is 0 Å². The molecule has 0 aliphatic carbocycles. The van der Waals surface area contributed by atoms with E-state index in [0.29, 0.717) is 23.1 Å². The molecule has 0 bridgehead atoms. The standard InChI is InChI=1S/C13H20Cl2N2O/c1-13(2,3)18-8-9(17-16)7-10-11(14)5-4-6-12(10)15/h4-6,9,17H,7-8,16H2,1-3H3. The third-order valence-electron chi connectivity index (χ3n) is 2.47. The highest BCUT2D eigenvalue weighted by Crippen LogP contribution is 2.25. The van der Waals surface area contributed by atoms with Crippen molar-refractivity contribution in [2.24, 2.45) is 5.84 Å². The van der Waals surface area contributed by atoms with Crippen molar-refractivity contribution in [3.63, 3.8) is 0 Å². The minimum absolute atomic E-state index is 0.0263. The summed E-state index contributed by atoms with van der Waals surface area (Å²) in [6.07, 6.45) is 0.630. The number of hydrazine groups is 1. The van der Waals surface area contributed by atoms with Crippen LogP contribution in [-0.2, 0) is 11.2 Å². The fourth-order valence-electron chi connectivity index (χ4n) is 1.49. The largest absolute Gasteiger partial charge is 0.374 e. The molecule has 5 heteroatoms. The van der Waals surface area contributed by atoms with E-state index in [1.165, 1.54) is 0 Å². The first-order valence-corrected chi connectivity index (χ1v) is 6.62. The molecule has 1 unspecified atom stereocenters. The van der Waals surface area contributed by atoms with Crippen molar-refractivity contribution in [2.75, 3.05) is 6.61 Å². The zero-order chi connectivity index (χ0) is 13.8. The van der Waals surface area contributed by atoms with E-state index in [4.69, 9.17) is 33.8 Å². The number of nitrogens with two attached hydrogens (primary N) is 1. The van der Waals surface area contributed by atoms with Crippen LogP contribution in [0.2, 0.25) is 10.0 Å². The topological polar surface area (TPSA) is 47.3 Å². The van der Waals surface area contributed by atoms with Gasteiger partial charge in [0.25, 0.3) is 0 Å². The van der Waals surface area contributed by atoms with E-state index >= 15 is 0 Å². The molecule has 0 spiro atoms. The van der Waals surface area contributed by atoms with Crippen LogP contribution in [0.5, 0.6) is 0 Å². The van der Waals surface area contributed by atoms with Crippen LogP contribution in [0.15, 0.2) is 18.2 Å². The van der Waals surface area contributed by atoms with Crippen molar-refractivity contribution in [3.8, 4) is 0 Å². The zero-order valence-corrected chi connectivity index (χ0v) is 12.5. The number of halogens is 2. The fourth-order valence-corrected chi connectivity index (χ4v) is 2.04. The van der Waals surface area contributed by atoms with Crippen LogP contribution in [0.4, 0.5) is 0 Å². The van der Waals surface area contributed by atoms with E-state index in [1.807, 2.05) is 39.0 Å². The zero-order valence-electron chi connectivity index (χ0n) is 11.0. The number of hydrogen-bond donors (Lipinski definition) is 2. The Hall–Kier alpha value is -0.320. The van der Waals surface area contributed by atoms with E-state index in [0.717, 1.165) is 5.56 Å². The summed E-state index contributed by atoms with van der Waals surface area (Å²) in [6.45, 7) is 6.51. The molecule has 0 aromatic heterocycles. The molecule has 1 aromatic carbocycles. The molecule has 0 saturated carbocycles. The van der Waals surface area contributed by atoms with Crippen LogP contribution < -0.4 is 11.3 Å². The average Bonchev–Trinajstić information content (AvgIpc) is 2.26. The molecule has 0 aliphatic rings. The van der Waals surface area contributed by atoms with Crippen LogP contribution in [0, 0.1) is 0 Å². The average molecular weight is 291 g/mol. The summed E-state index contributed by atoms with van der Waals surface area (Å²) >= 11 is 12.3. The predicted molar refractivity (Wildman–Crippen MR) is 77.0 cm³/mol. The van der Waals surface area contributed by atoms with Crippen molar-refractivity contribution in [1.29, 1.82) is 0 Å². The van der Waals surface area contributed by atoms with E-state index in [9.17, 15) is 0 Å². The second kappa shape index (κ2) is 6.73. The van der Waals surface area contributed by atoms with Crippen molar-refractivity contribution < 1.29 is 4.74 Å². The van der Waals surface area contributed by atoms with Gasteiger partial charge in [-0.05, 0) is 44.9 Å². The second-order valence-electron chi connectivity index (χ2n) is 5.19. The van der Waals surface area contributed by atoms with Crippen molar-refractivity contribution >= 4 is 23.2 Å². The van der Waals surface area contributed by atoms with Gasteiger partial charge in [-0.3, -0.25) is 11.3 Å². The maximum Gasteiger partial charge on any atom is 0.0643 e. The van der Waals surface area contributed by atoms with Gasteiger partial charge in [-0.25, -0.2) is 0 Å². The number of benzene rings is 1. The van der Waals surface area contributed by atoms with Crippen molar-refractivity contribution in [1.82, 2.24) is 5.43 Å². The lowest BCUT2D eigenvalue weighted by Crippen LogP contribution is -2.42. The Morgan fingerprint density at radius 2 is 1.83 bits per heavy atom. The molecule has 0 aliphatic heterocycles. The van der Waals surface area contributed by atoms with Gasteiger partial charge in [0, 0.05) is 16.1 Å². The number of ether oxygens (including phenoxy) is 1. The highest BCUT2D eigenvalue weighted by molar-refractivity contribution is 6.35. The van der Waals surface area contributed by atoms with E-state index in [-0.39, 0.29) is 11.6 Å². The van der Waals surface area contributed by atoms with Crippen LogP contribution in [-0.4, -0.2) is 18.2 Å². The van der Waals surface area contributed by atoms with Gasteiger partial charge < -0.3 is 4.74 Å². The van der Waals surface area contributed by atoms with Gasteiger partial charge in [-0.1, -0.05) is 29.3 Å². The van der Waals surface area contributed by atoms with Crippen LogP contribution in [0.25, 0.3) is 0 Å². The van der Waals surface area contributed by atoms with Crippen LogP contribution >= 0.6 is 23.2 Å². The molecular weight excluding hydrogens is 271 g/mol. The number of nitrogens with one attached hydrogen (secondary N) is 1. The lowest BCUT2D eigenvalue weighted by molar-refractivity contribution is -0.0143.